The van der Waals surface area contributed by atoms with Gasteiger partial charge in [-0.05, 0) is 55.2 Å². The number of benzene rings is 1. The van der Waals surface area contributed by atoms with Gasteiger partial charge in [-0.15, -0.1) is 5.10 Å². The number of aliphatic hydroxyl groups excluding tert-OH is 1. The van der Waals surface area contributed by atoms with Crippen molar-refractivity contribution < 1.29 is 13.9 Å². The smallest absolute Gasteiger partial charge is 0.240 e. The van der Waals surface area contributed by atoms with Crippen LogP contribution in [0.4, 0.5) is 8.78 Å². The number of halogens is 3. The number of hydrogen-bond donors (Lipinski definition) is 2. The molecule has 0 saturated heterocycles. The number of imidazole rings is 1. The molecule has 6 nitrogen and oxygen atoms in total. The van der Waals surface area contributed by atoms with Crippen LogP contribution in [-0.2, 0) is 7.05 Å². The summed E-state index contributed by atoms with van der Waals surface area (Å²) in [6.07, 6.45) is 7.11. The first-order chi connectivity index (χ1) is 16.7. The van der Waals surface area contributed by atoms with Gasteiger partial charge in [0.1, 0.15) is 28.5 Å². The van der Waals surface area contributed by atoms with Gasteiger partial charge in [-0.3, -0.25) is 14.4 Å². The summed E-state index contributed by atoms with van der Waals surface area (Å²) in [5.41, 5.74) is 2.37. The monoisotopic (exact) mass is 497 g/mol. The number of aryl methyl sites for hydroxylation is 1. The van der Waals surface area contributed by atoms with E-state index in [1.165, 1.54) is 35.9 Å². The maximum absolute atomic E-state index is 15.1. The fourth-order valence-corrected chi connectivity index (χ4v) is 6.45. The summed E-state index contributed by atoms with van der Waals surface area (Å²) in [6.45, 7) is 2.29. The zero-order valence-corrected chi connectivity index (χ0v) is 20.2. The van der Waals surface area contributed by atoms with Crippen molar-refractivity contribution in [2.24, 2.45) is 18.4 Å². The lowest BCUT2D eigenvalue weighted by Crippen LogP contribution is -2.55. The van der Waals surface area contributed by atoms with Crippen LogP contribution in [0, 0.1) is 23.1 Å². The summed E-state index contributed by atoms with van der Waals surface area (Å²) in [4.78, 5) is 4.58. The van der Waals surface area contributed by atoms with Crippen LogP contribution in [0.25, 0.3) is 28.0 Å². The van der Waals surface area contributed by atoms with Crippen LogP contribution in [0.1, 0.15) is 44.4 Å². The minimum absolute atomic E-state index is 0.0998. The molecule has 0 radical (unpaired) electrons. The SMILES string of the molecule is CC1CC2(C1)CC(NC(O)c1ccn3c(Cl)c(-c4c(F)cccc4-c4cn(C)nc4F)nc3c1)C2. The van der Waals surface area contributed by atoms with E-state index in [9.17, 15) is 9.50 Å². The number of rotatable bonds is 5. The zero-order chi connectivity index (χ0) is 24.5. The van der Waals surface area contributed by atoms with Gasteiger partial charge in [0.25, 0.3) is 0 Å². The van der Waals surface area contributed by atoms with E-state index in [2.05, 4.69) is 22.3 Å². The van der Waals surface area contributed by atoms with Crippen molar-refractivity contribution in [1.29, 1.82) is 0 Å². The van der Waals surface area contributed by atoms with Gasteiger partial charge >= 0.3 is 0 Å². The number of nitrogens with one attached hydrogen (secondary N) is 1. The number of aliphatic hydroxyl groups is 1. The number of nitrogens with zero attached hydrogens (tertiary/aromatic N) is 4. The topological polar surface area (TPSA) is 67.4 Å². The second-order valence-corrected chi connectivity index (χ2v) is 10.7. The van der Waals surface area contributed by atoms with Crippen LogP contribution >= 0.6 is 11.6 Å². The second-order valence-electron chi connectivity index (χ2n) is 10.3. The maximum atomic E-state index is 15.1. The fraction of sp³-hybridized carbons (Fsp3) is 0.385. The molecule has 3 aromatic heterocycles. The Balaban J connectivity index is 1.31. The molecule has 1 atom stereocenters. The van der Waals surface area contributed by atoms with Crippen molar-refractivity contribution in [2.75, 3.05) is 0 Å². The Morgan fingerprint density at radius 2 is 1.94 bits per heavy atom. The van der Waals surface area contributed by atoms with Crippen LogP contribution in [0.5, 0.6) is 0 Å². The molecule has 2 aliphatic carbocycles. The van der Waals surface area contributed by atoms with E-state index < -0.39 is 18.0 Å². The van der Waals surface area contributed by atoms with Crippen molar-refractivity contribution in [2.45, 2.75) is 44.9 Å². The molecule has 2 fully saturated rings. The molecule has 0 aliphatic heterocycles. The molecule has 0 amide bonds. The maximum Gasteiger partial charge on any atom is 0.240 e. The van der Waals surface area contributed by atoms with E-state index in [-0.39, 0.29) is 22.0 Å². The van der Waals surface area contributed by atoms with Crippen LogP contribution in [-0.4, -0.2) is 30.3 Å². The Hall–Kier alpha value is -2.81. The molecule has 9 heteroatoms. The Labute approximate surface area is 206 Å². The number of fused-ring (bicyclic) bond motifs is 1. The Kier molecular flexibility index (Phi) is 5.25. The first-order valence-corrected chi connectivity index (χ1v) is 12.2. The molecule has 6 rings (SSSR count). The Bertz CT molecular complexity index is 1430. The molecule has 182 valence electrons. The van der Waals surface area contributed by atoms with Crippen molar-refractivity contribution in [3.63, 3.8) is 0 Å². The third-order valence-corrected chi connectivity index (χ3v) is 7.91. The lowest BCUT2D eigenvalue weighted by Gasteiger charge is -2.57. The summed E-state index contributed by atoms with van der Waals surface area (Å²) in [5, 5.41) is 18.0. The molecule has 1 unspecified atom stereocenters. The first-order valence-electron chi connectivity index (χ1n) is 11.8. The lowest BCUT2D eigenvalue weighted by atomic mass is 9.50. The third-order valence-electron chi connectivity index (χ3n) is 7.55. The summed E-state index contributed by atoms with van der Waals surface area (Å²) in [5.74, 6) is -0.459. The summed E-state index contributed by atoms with van der Waals surface area (Å²) in [6, 6.07) is 8.22. The van der Waals surface area contributed by atoms with Crippen LogP contribution in [0.15, 0.2) is 42.7 Å². The summed E-state index contributed by atoms with van der Waals surface area (Å²) >= 11 is 6.62. The van der Waals surface area contributed by atoms with E-state index in [0.717, 1.165) is 18.8 Å². The van der Waals surface area contributed by atoms with Gasteiger partial charge < -0.3 is 5.11 Å². The molecule has 1 aromatic carbocycles. The number of pyridine rings is 1. The summed E-state index contributed by atoms with van der Waals surface area (Å²) in [7, 11) is 1.60. The highest BCUT2D eigenvalue weighted by Crippen LogP contribution is 2.58. The fourth-order valence-electron chi connectivity index (χ4n) is 6.17. The quantitative estimate of drug-likeness (QED) is 0.358. The highest BCUT2D eigenvalue weighted by atomic mass is 35.5. The molecule has 4 aromatic rings. The van der Waals surface area contributed by atoms with Crippen molar-refractivity contribution in [3.05, 3.63) is 65.2 Å². The standard InChI is InChI=1S/C26H26ClF2N5O/c1-14-9-26(10-14)11-16(12-26)30-25(35)15-6-7-34-20(8-15)31-22(23(34)27)21-17(4-3-5-19(21)28)18-13-33(2)32-24(18)29/h3-8,13-14,16,25,30,35H,9-12H2,1-2H3. The number of aromatic nitrogens is 4. The van der Waals surface area contributed by atoms with Gasteiger partial charge in [-0.1, -0.05) is 30.7 Å². The van der Waals surface area contributed by atoms with E-state index in [0.29, 0.717) is 28.2 Å². The van der Waals surface area contributed by atoms with Crippen LogP contribution in [0.2, 0.25) is 5.15 Å². The van der Waals surface area contributed by atoms with Gasteiger partial charge in [0.2, 0.25) is 5.95 Å². The minimum Gasteiger partial charge on any atom is -0.374 e. The highest BCUT2D eigenvalue weighted by Gasteiger charge is 2.51. The van der Waals surface area contributed by atoms with E-state index >= 15 is 4.39 Å². The van der Waals surface area contributed by atoms with Gasteiger partial charge in [0.05, 0.1) is 5.56 Å². The van der Waals surface area contributed by atoms with Gasteiger partial charge in [-0.2, -0.15) is 4.39 Å². The summed E-state index contributed by atoms with van der Waals surface area (Å²) < 4.78 is 32.5. The number of hydrogen-bond acceptors (Lipinski definition) is 4. The molecule has 0 bridgehead atoms. The largest absolute Gasteiger partial charge is 0.374 e. The molecular formula is C26H26ClF2N5O. The predicted octanol–water partition coefficient (Wildman–Crippen LogP) is 5.49. The normalized spacial score (nSPS) is 24.5. The average Bonchev–Trinajstić information content (AvgIpc) is 3.28. The van der Waals surface area contributed by atoms with Crippen LogP contribution in [0.3, 0.4) is 0 Å². The Morgan fingerprint density at radius 1 is 1.17 bits per heavy atom. The van der Waals surface area contributed by atoms with Crippen molar-refractivity contribution >= 4 is 17.2 Å². The lowest BCUT2D eigenvalue weighted by molar-refractivity contribution is -0.0579. The van der Waals surface area contributed by atoms with Crippen molar-refractivity contribution in [3.8, 4) is 22.4 Å². The predicted molar refractivity (Wildman–Crippen MR) is 130 cm³/mol. The molecule has 1 spiro atoms. The highest BCUT2D eigenvalue weighted by molar-refractivity contribution is 6.32. The second kappa shape index (κ2) is 8.11. The van der Waals surface area contributed by atoms with Crippen molar-refractivity contribution in [1.82, 2.24) is 24.5 Å². The molecule has 2 N–H and O–H groups in total. The zero-order valence-electron chi connectivity index (χ0n) is 19.5. The van der Waals surface area contributed by atoms with E-state index in [1.54, 1.807) is 35.8 Å². The molecule has 3 heterocycles. The first kappa shape index (κ1) is 22.6. The van der Waals surface area contributed by atoms with E-state index in [4.69, 9.17) is 11.6 Å². The molecule has 2 aliphatic rings. The molecular weight excluding hydrogens is 472 g/mol. The van der Waals surface area contributed by atoms with Gasteiger partial charge in [0.15, 0.2) is 0 Å². The Morgan fingerprint density at radius 3 is 2.63 bits per heavy atom. The third kappa shape index (κ3) is 3.75. The minimum atomic E-state index is -0.840. The van der Waals surface area contributed by atoms with E-state index in [1.807, 2.05) is 0 Å². The van der Waals surface area contributed by atoms with Gasteiger partial charge in [0, 0.05) is 42.2 Å². The van der Waals surface area contributed by atoms with Gasteiger partial charge in [-0.25, -0.2) is 9.37 Å². The average molecular weight is 498 g/mol. The molecule has 2 saturated carbocycles. The molecule has 35 heavy (non-hydrogen) atoms. The van der Waals surface area contributed by atoms with Crippen LogP contribution < -0.4 is 5.32 Å².